The van der Waals surface area contributed by atoms with E-state index in [1.807, 2.05) is 0 Å². The van der Waals surface area contributed by atoms with Crippen molar-refractivity contribution in [1.29, 1.82) is 0 Å². The van der Waals surface area contributed by atoms with E-state index in [1.165, 1.54) is 38.3 Å². The first-order valence-electron chi connectivity index (χ1n) is 5.66. The lowest BCUT2D eigenvalue weighted by Crippen LogP contribution is -2.26. The Morgan fingerprint density at radius 3 is 2.47 bits per heavy atom. The van der Waals surface area contributed by atoms with E-state index in [2.05, 4.69) is 4.74 Å². The van der Waals surface area contributed by atoms with Crippen molar-refractivity contribution < 1.29 is 23.5 Å². The van der Waals surface area contributed by atoms with Gasteiger partial charge in [0.25, 0.3) is 0 Å². The maximum Gasteiger partial charge on any atom is 0.306 e. The Labute approximate surface area is 110 Å². The predicted octanol–water partition coefficient (Wildman–Crippen LogP) is 1.75. The Hall–Kier alpha value is -2.11. The van der Waals surface area contributed by atoms with Crippen LogP contribution in [-0.2, 0) is 14.3 Å². The van der Waals surface area contributed by atoms with Gasteiger partial charge in [0.05, 0.1) is 20.6 Å². The van der Waals surface area contributed by atoms with Gasteiger partial charge in [-0.05, 0) is 12.1 Å². The van der Waals surface area contributed by atoms with Gasteiger partial charge in [-0.1, -0.05) is 0 Å². The van der Waals surface area contributed by atoms with Gasteiger partial charge in [0.1, 0.15) is 0 Å². The number of nitrogens with zero attached hydrogens (tertiary/aromatic N) is 1. The SMILES string of the molecule is COC(=O)CCC(=O)N(C)c1ccc(OC)c(F)c1. The highest BCUT2D eigenvalue weighted by Gasteiger charge is 2.14. The number of methoxy groups -OCH3 is 2. The molecule has 0 aromatic heterocycles. The molecule has 0 aliphatic rings. The molecule has 0 unspecified atom stereocenters. The van der Waals surface area contributed by atoms with E-state index in [4.69, 9.17) is 4.74 Å². The van der Waals surface area contributed by atoms with Gasteiger partial charge in [0.2, 0.25) is 5.91 Å². The number of hydrogen-bond donors (Lipinski definition) is 0. The Balaban J connectivity index is 2.71. The number of benzene rings is 1. The van der Waals surface area contributed by atoms with Crippen molar-refractivity contribution in [2.75, 3.05) is 26.2 Å². The van der Waals surface area contributed by atoms with Crippen molar-refractivity contribution in [2.45, 2.75) is 12.8 Å². The summed E-state index contributed by atoms with van der Waals surface area (Å²) in [5.41, 5.74) is 0.396. The van der Waals surface area contributed by atoms with Crippen molar-refractivity contribution in [2.24, 2.45) is 0 Å². The highest BCUT2D eigenvalue weighted by Crippen LogP contribution is 2.23. The standard InChI is InChI=1S/C13H16FNO4/c1-15(12(16)6-7-13(17)19-3)9-4-5-11(18-2)10(14)8-9/h4-5,8H,6-7H2,1-3H3. The van der Waals surface area contributed by atoms with Crippen LogP contribution in [0.15, 0.2) is 18.2 Å². The molecule has 0 aliphatic carbocycles. The fourth-order valence-electron chi connectivity index (χ4n) is 1.49. The number of amides is 1. The molecule has 0 radical (unpaired) electrons. The first-order valence-corrected chi connectivity index (χ1v) is 5.66. The van der Waals surface area contributed by atoms with Gasteiger partial charge < -0.3 is 14.4 Å². The van der Waals surface area contributed by atoms with Gasteiger partial charge >= 0.3 is 5.97 Å². The summed E-state index contributed by atoms with van der Waals surface area (Å²) in [6, 6.07) is 4.21. The first kappa shape index (κ1) is 14.9. The average molecular weight is 269 g/mol. The molecule has 0 saturated heterocycles. The zero-order chi connectivity index (χ0) is 14.4. The van der Waals surface area contributed by atoms with Gasteiger partial charge in [-0.15, -0.1) is 0 Å². The van der Waals surface area contributed by atoms with Crippen molar-refractivity contribution in [3.8, 4) is 5.75 Å². The third-order valence-corrected chi connectivity index (χ3v) is 2.67. The lowest BCUT2D eigenvalue weighted by atomic mass is 10.2. The summed E-state index contributed by atoms with van der Waals surface area (Å²) in [6.45, 7) is 0. The number of carbonyl (C=O) groups is 2. The second kappa shape index (κ2) is 6.72. The summed E-state index contributed by atoms with van der Waals surface area (Å²) in [4.78, 5) is 24.0. The topological polar surface area (TPSA) is 55.8 Å². The molecule has 1 aromatic rings. The van der Waals surface area contributed by atoms with Crippen LogP contribution >= 0.6 is 0 Å². The van der Waals surface area contributed by atoms with Crippen LogP contribution in [0.25, 0.3) is 0 Å². The quantitative estimate of drug-likeness (QED) is 0.764. The van der Waals surface area contributed by atoms with Gasteiger partial charge in [0.15, 0.2) is 11.6 Å². The van der Waals surface area contributed by atoms with Gasteiger partial charge in [0, 0.05) is 25.2 Å². The molecule has 0 saturated carbocycles. The van der Waals surface area contributed by atoms with Crippen LogP contribution in [0.4, 0.5) is 10.1 Å². The molecule has 1 rings (SSSR count). The van der Waals surface area contributed by atoms with Crippen LogP contribution in [0.5, 0.6) is 5.75 Å². The summed E-state index contributed by atoms with van der Waals surface area (Å²) in [5.74, 6) is -1.19. The van der Waals surface area contributed by atoms with E-state index >= 15 is 0 Å². The van der Waals surface area contributed by atoms with E-state index in [0.717, 1.165) is 0 Å². The maximum absolute atomic E-state index is 13.5. The molecule has 1 aromatic carbocycles. The number of esters is 1. The lowest BCUT2D eigenvalue weighted by molar-refractivity contribution is -0.141. The van der Waals surface area contributed by atoms with E-state index in [9.17, 15) is 14.0 Å². The zero-order valence-corrected chi connectivity index (χ0v) is 11.1. The minimum absolute atomic E-state index is 0.00168. The van der Waals surface area contributed by atoms with Crippen molar-refractivity contribution in [3.05, 3.63) is 24.0 Å². The number of anilines is 1. The van der Waals surface area contributed by atoms with Crippen LogP contribution in [0.1, 0.15) is 12.8 Å². The molecule has 0 atom stereocenters. The number of ether oxygens (including phenoxy) is 2. The van der Waals surface area contributed by atoms with Gasteiger partial charge in [-0.2, -0.15) is 0 Å². The summed E-state index contributed by atoms with van der Waals surface area (Å²) < 4.78 is 22.7. The molecule has 0 bridgehead atoms. The van der Waals surface area contributed by atoms with E-state index in [1.54, 1.807) is 6.07 Å². The molecule has 1 amide bonds. The van der Waals surface area contributed by atoms with Crippen LogP contribution < -0.4 is 9.64 Å². The third-order valence-electron chi connectivity index (χ3n) is 2.67. The van der Waals surface area contributed by atoms with Crippen molar-refractivity contribution >= 4 is 17.6 Å². The first-order chi connectivity index (χ1) is 8.99. The zero-order valence-electron chi connectivity index (χ0n) is 11.1. The molecule has 0 N–H and O–H groups in total. The third kappa shape index (κ3) is 3.94. The smallest absolute Gasteiger partial charge is 0.306 e. The van der Waals surface area contributed by atoms with E-state index in [-0.39, 0.29) is 24.5 Å². The Morgan fingerprint density at radius 1 is 1.26 bits per heavy atom. The molecule has 104 valence electrons. The number of rotatable bonds is 5. The van der Waals surface area contributed by atoms with Crippen LogP contribution in [-0.4, -0.2) is 33.1 Å². The highest BCUT2D eigenvalue weighted by molar-refractivity contribution is 5.94. The maximum atomic E-state index is 13.5. The van der Waals surface area contributed by atoms with E-state index < -0.39 is 11.8 Å². The summed E-state index contributed by atoms with van der Waals surface area (Å²) in [5, 5.41) is 0. The molecule has 0 fully saturated rings. The normalized spacial score (nSPS) is 9.89. The fourth-order valence-corrected chi connectivity index (χ4v) is 1.49. The second-order valence-electron chi connectivity index (χ2n) is 3.85. The van der Waals surface area contributed by atoms with Crippen molar-refractivity contribution in [1.82, 2.24) is 0 Å². The highest BCUT2D eigenvalue weighted by atomic mass is 19.1. The molecular weight excluding hydrogens is 253 g/mol. The Bertz CT molecular complexity index is 476. The van der Waals surface area contributed by atoms with E-state index in [0.29, 0.717) is 5.69 Å². The summed E-state index contributed by atoms with van der Waals surface area (Å²) >= 11 is 0. The summed E-state index contributed by atoms with van der Waals surface area (Å²) in [7, 11) is 4.14. The average Bonchev–Trinajstić information content (AvgIpc) is 2.43. The van der Waals surface area contributed by atoms with Crippen LogP contribution in [0.2, 0.25) is 0 Å². The monoisotopic (exact) mass is 269 g/mol. The lowest BCUT2D eigenvalue weighted by Gasteiger charge is -2.17. The number of hydrogen-bond acceptors (Lipinski definition) is 4. The number of halogens is 1. The minimum atomic E-state index is -0.549. The molecule has 6 heteroatoms. The van der Waals surface area contributed by atoms with Crippen molar-refractivity contribution in [3.63, 3.8) is 0 Å². The molecule has 0 aliphatic heterocycles. The van der Waals surface area contributed by atoms with Crippen LogP contribution in [0.3, 0.4) is 0 Å². The fraction of sp³-hybridized carbons (Fsp3) is 0.385. The largest absolute Gasteiger partial charge is 0.494 e. The Kier molecular flexibility index (Phi) is 5.29. The molecule has 0 spiro atoms. The van der Waals surface area contributed by atoms with Gasteiger partial charge in [-0.3, -0.25) is 9.59 Å². The molecule has 19 heavy (non-hydrogen) atoms. The second-order valence-corrected chi connectivity index (χ2v) is 3.85. The molecule has 5 nitrogen and oxygen atoms in total. The summed E-state index contributed by atoms with van der Waals surface area (Å²) in [6.07, 6.45) is 0.00906. The van der Waals surface area contributed by atoms with Gasteiger partial charge in [-0.25, -0.2) is 4.39 Å². The molecular formula is C13H16FNO4. The van der Waals surface area contributed by atoms with Crippen LogP contribution in [0, 0.1) is 5.82 Å². The minimum Gasteiger partial charge on any atom is -0.494 e. The predicted molar refractivity (Wildman–Crippen MR) is 67.6 cm³/mol. The molecule has 0 heterocycles. The number of carbonyl (C=O) groups excluding carboxylic acids is 2. The Morgan fingerprint density at radius 2 is 1.95 bits per heavy atom.